The molecule has 24 heavy (non-hydrogen) atoms. The molecule has 0 saturated heterocycles. The van der Waals surface area contributed by atoms with Gasteiger partial charge in [-0.3, -0.25) is 4.79 Å². The highest BCUT2D eigenvalue weighted by Crippen LogP contribution is 2.47. The fourth-order valence-electron chi connectivity index (χ4n) is 4.17. The smallest absolute Gasteiger partial charge is 0.240 e. The van der Waals surface area contributed by atoms with Gasteiger partial charge in [-0.25, -0.2) is 13.1 Å². The SMILES string of the molecule is CNS(=O)(=O)c1ccc(C(C)NC(=O)C2C3CCC(C3)C2N)cc1. The molecule has 1 amide bonds. The lowest BCUT2D eigenvalue weighted by molar-refractivity contribution is -0.127. The van der Waals surface area contributed by atoms with E-state index in [4.69, 9.17) is 5.73 Å². The van der Waals surface area contributed by atoms with Crippen molar-refractivity contribution in [1.29, 1.82) is 0 Å². The van der Waals surface area contributed by atoms with E-state index in [2.05, 4.69) is 10.0 Å². The van der Waals surface area contributed by atoms with E-state index in [1.54, 1.807) is 24.3 Å². The van der Waals surface area contributed by atoms with Gasteiger partial charge in [-0.1, -0.05) is 12.1 Å². The average Bonchev–Trinajstić information content (AvgIpc) is 3.15. The van der Waals surface area contributed by atoms with E-state index >= 15 is 0 Å². The van der Waals surface area contributed by atoms with Crippen LogP contribution in [0, 0.1) is 17.8 Å². The third kappa shape index (κ3) is 3.08. The lowest BCUT2D eigenvalue weighted by atomic mass is 9.84. The molecule has 2 saturated carbocycles. The van der Waals surface area contributed by atoms with Gasteiger partial charge in [0, 0.05) is 6.04 Å². The van der Waals surface area contributed by atoms with Gasteiger partial charge in [0.2, 0.25) is 15.9 Å². The number of hydrogen-bond acceptors (Lipinski definition) is 4. The van der Waals surface area contributed by atoms with Crippen molar-refractivity contribution in [2.24, 2.45) is 23.5 Å². The quantitative estimate of drug-likeness (QED) is 0.740. The fraction of sp³-hybridized carbons (Fsp3) is 0.588. The van der Waals surface area contributed by atoms with Crippen LogP contribution >= 0.6 is 0 Å². The molecule has 2 aliphatic rings. The molecule has 2 bridgehead atoms. The third-order valence-corrected chi connectivity index (χ3v) is 7.03. The topological polar surface area (TPSA) is 101 Å². The van der Waals surface area contributed by atoms with Crippen molar-refractivity contribution >= 4 is 15.9 Å². The summed E-state index contributed by atoms with van der Waals surface area (Å²) in [5.41, 5.74) is 7.10. The lowest BCUT2D eigenvalue weighted by Crippen LogP contribution is -2.45. The van der Waals surface area contributed by atoms with Crippen LogP contribution in [0.5, 0.6) is 0 Å². The van der Waals surface area contributed by atoms with Crippen LogP contribution in [0.2, 0.25) is 0 Å². The first-order valence-corrected chi connectivity index (χ1v) is 9.91. The van der Waals surface area contributed by atoms with Gasteiger partial charge >= 0.3 is 0 Å². The van der Waals surface area contributed by atoms with Crippen molar-refractivity contribution in [1.82, 2.24) is 10.0 Å². The zero-order valence-electron chi connectivity index (χ0n) is 14.0. The van der Waals surface area contributed by atoms with E-state index in [0.717, 1.165) is 24.8 Å². The molecular formula is C17H25N3O3S. The van der Waals surface area contributed by atoms with Gasteiger partial charge in [0.05, 0.1) is 16.9 Å². The molecule has 1 aromatic carbocycles. The number of benzene rings is 1. The first kappa shape index (κ1) is 17.4. The summed E-state index contributed by atoms with van der Waals surface area (Å²) < 4.78 is 25.8. The minimum atomic E-state index is -3.44. The Hall–Kier alpha value is -1.44. The summed E-state index contributed by atoms with van der Waals surface area (Å²) in [4.78, 5) is 12.8. The highest BCUT2D eigenvalue weighted by molar-refractivity contribution is 7.89. The van der Waals surface area contributed by atoms with Crippen molar-refractivity contribution in [3.05, 3.63) is 29.8 Å². The second-order valence-electron chi connectivity index (χ2n) is 6.94. The Morgan fingerprint density at radius 1 is 1.21 bits per heavy atom. The molecule has 0 radical (unpaired) electrons. The molecule has 3 rings (SSSR count). The molecule has 0 aliphatic heterocycles. The van der Waals surface area contributed by atoms with Crippen molar-refractivity contribution in [2.75, 3.05) is 7.05 Å². The minimum absolute atomic E-state index is 0.0223. The molecular weight excluding hydrogens is 326 g/mol. The Morgan fingerprint density at radius 2 is 1.83 bits per heavy atom. The molecule has 0 heterocycles. The molecule has 5 atom stereocenters. The van der Waals surface area contributed by atoms with Crippen LogP contribution in [0.15, 0.2) is 29.2 Å². The van der Waals surface area contributed by atoms with Crippen molar-refractivity contribution in [2.45, 2.75) is 43.2 Å². The highest BCUT2D eigenvalue weighted by atomic mass is 32.2. The molecule has 0 aromatic heterocycles. The van der Waals surface area contributed by atoms with E-state index in [9.17, 15) is 13.2 Å². The molecule has 1 aromatic rings. The number of hydrogen-bond donors (Lipinski definition) is 3. The van der Waals surface area contributed by atoms with E-state index in [1.807, 2.05) is 6.92 Å². The first-order valence-electron chi connectivity index (χ1n) is 8.43. The molecule has 6 nitrogen and oxygen atoms in total. The van der Waals surface area contributed by atoms with Crippen LogP contribution in [0.1, 0.15) is 37.8 Å². The summed E-state index contributed by atoms with van der Waals surface area (Å²) in [7, 11) is -2.06. The number of amides is 1. The van der Waals surface area contributed by atoms with Gasteiger partial charge in [0.1, 0.15) is 0 Å². The van der Waals surface area contributed by atoms with Gasteiger partial charge in [-0.2, -0.15) is 0 Å². The Balaban J connectivity index is 1.67. The van der Waals surface area contributed by atoms with E-state index in [-0.39, 0.29) is 28.8 Å². The number of sulfonamides is 1. The predicted molar refractivity (Wildman–Crippen MR) is 91.5 cm³/mol. The van der Waals surface area contributed by atoms with Crippen molar-refractivity contribution < 1.29 is 13.2 Å². The van der Waals surface area contributed by atoms with Crippen LogP contribution < -0.4 is 15.8 Å². The number of fused-ring (bicyclic) bond motifs is 2. The molecule has 0 spiro atoms. The third-order valence-electron chi connectivity index (χ3n) is 5.60. The fourth-order valence-corrected chi connectivity index (χ4v) is 4.90. The molecule has 2 aliphatic carbocycles. The molecule has 5 unspecified atom stereocenters. The van der Waals surface area contributed by atoms with Crippen LogP contribution in [0.25, 0.3) is 0 Å². The van der Waals surface area contributed by atoms with Gasteiger partial charge in [0.25, 0.3) is 0 Å². The zero-order chi connectivity index (χ0) is 17.5. The van der Waals surface area contributed by atoms with Gasteiger partial charge in [-0.15, -0.1) is 0 Å². The Labute approximate surface area is 143 Å². The standard InChI is InChI=1S/C17H25N3O3S/c1-10(11-5-7-14(8-6-11)24(22,23)19-2)20-17(21)15-12-3-4-13(9-12)16(15)18/h5-8,10,12-13,15-16,19H,3-4,9,18H2,1-2H3,(H,20,21). The first-order chi connectivity index (χ1) is 11.3. The molecule has 2 fully saturated rings. The molecule has 7 heteroatoms. The van der Waals surface area contributed by atoms with Gasteiger partial charge in [-0.05, 0) is 62.8 Å². The lowest BCUT2D eigenvalue weighted by Gasteiger charge is -2.28. The zero-order valence-corrected chi connectivity index (χ0v) is 14.8. The van der Waals surface area contributed by atoms with E-state index in [0.29, 0.717) is 11.8 Å². The van der Waals surface area contributed by atoms with Gasteiger partial charge in [0.15, 0.2) is 0 Å². The second kappa shape index (κ2) is 6.46. The summed E-state index contributed by atoms with van der Waals surface area (Å²) >= 11 is 0. The predicted octanol–water partition coefficient (Wildman–Crippen LogP) is 1.15. The summed E-state index contributed by atoms with van der Waals surface area (Å²) in [6.45, 7) is 1.90. The average molecular weight is 351 g/mol. The van der Waals surface area contributed by atoms with Crippen molar-refractivity contribution in [3.8, 4) is 0 Å². The van der Waals surface area contributed by atoms with Crippen LogP contribution in [0.4, 0.5) is 0 Å². The summed E-state index contributed by atoms with van der Waals surface area (Å²) in [5, 5.41) is 3.04. The normalized spacial score (nSPS) is 30.3. The van der Waals surface area contributed by atoms with E-state index < -0.39 is 10.0 Å². The van der Waals surface area contributed by atoms with Gasteiger partial charge < -0.3 is 11.1 Å². The van der Waals surface area contributed by atoms with Crippen LogP contribution in [-0.2, 0) is 14.8 Å². The highest BCUT2D eigenvalue weighted by Gasteiger charge is 2.49. The maximum atomic E-state index is 12.6. The summed E-state index contributed by atoms with van der Waals surface area (Å²) in [6, 6.07) is 6.35. The van der Waals surface area contributed by atoms with Crippen LogP contribution in [-0.4, -0.2) is 27.4 Å². The Kier molecular flexibility index (Phi) is 4.68. The maximum absolute atomic E-state index is 12.6. The number of nitrogens with two attached hydrogens (primary N) is 1. The number of carbonyl (C=O) groups is 1. The minimum Gasteiger partial charge on any atom is -0.349 e. The van der Waals surface area contributed by atoms with E-state index in [1.165, 1.54) is 7.05 Å². The maximum Gasteiger partial charge on any atom is 0.240 e. The Bertz CT molecular complexity index is 715. The number of carbonyl (C=O) groups excluding carboxylic acids is 1. The Morgan fingerprint density at radius 3 is 2.38 bits per heavy atom. The number of rotatable bonds is 5. The summed E-state index contributed by atoms with van der Waals surface area (Å²) in [5.74, 6) is 0.844. The summed E-state index contributed by atoms with van der Waals surface area (Å²) in [6.07, 6.45) is 3.32. The second-order valence-corrected chi connectivity index (χ2v) is 8.83. The number of nitrogens with one attached hydrogen (secondary N) is 2. The largest absolute Gasteiger partial charge is 0.349 e. The molecule has 4 N–H and O–H groups in total. The van der Waals surface area contributed by atoms with Crippen molar-refractivity contribution in [3.63, 3.8) is 0 Å². The monoisotopic (exact) mass is 351 g/mol. The molecule has 132 valence electrons. The van der Waals surface area contributed by atoms with Crippen LogP contribution in [0.3, 0.4) is 0 Å².